The van der Waals surface area contributed by atoms with E-state index in [4.69, 9.17) is 4.74 Å². The number of nitrogens with zero attached hydrogens (tertiary/aromatic N) is 1. The van der Waals surface area contributed by atoms with Crippen LogP contribution in [-0.4, -0.2) is 53.5 Å². The lowest BCUT2D eigenvalue weighted by molar-refractivity contribution is -0.125. The number of rotatable bonds is 4. The second kappa shape index (κ2) is 7.12. The van der Waals surface area contributed by atoms with Crippen LogP contribution in [0.4, 0.5) is 10.5 Å². The first-order valence-electron chi connectivity index (χ1n) is 7.31. The molecule has 1 aromatic rings. The molecule has 3 rings (SSSR count). The maximum atomic E-state index is 12.1. The Bertz CT molecular complexity index is 598. The number of morpholine rings is 1. The molecule has 2 aliphatic heterocycles. The van der Waals surface area contributed by atoms with Crippen LogP contribution in [0.1, 0.15) is 5.56 Å². The predicted molar refractivity (Wildman–Crippen MR) is 86.1 cm³/mol. The van der Waals surface area contributed by atoms with Gasteiger partial charge in [-0.3, -0.25) is 19.3 Å². The molecule has 0 bridgehead atoms. The van der Waals surface area contributed by atoms with E-state index in [1.54, 1.807) is 24.3 Å². The molecule has 0 spiro atoms. The van der Waals surface area contributed by atoms with Gasteiger partial charge in [0.1, 0.15) is 6.04 Å². The minimum absolute atomic E-state index is 0.140. The number of hydrogen-bond donors (Lipinski definition) is 2. The van der Waals surface area contributed by atoms with E-state index in [1.807, 2.05) is 0 Å². The summed E-state index contributed by atoms with van der Waals surface area (Å²) in [5, 5.41) is 5.69. The number of carbonyl (C=O) groups is 3. The van der Waals surface area contributed by atoms with Crippen LogP contribution in [0.15, 0.2) is 24.3 Å². The Morgan fingerprint density at radius 3 is 2.74 bits per heavy atom. The fourth-order valence-electron chi connectivity index (χ4n) is 2.37. The summed E-state index contributed by atoms with van der Waals surface area (Å²) in [4.78, 5) is 36.5. The number of carbonyl (C=O) groups excluding carboxylic acids is 3. The van der Waals surface area contributed by atoms with Gasteiger partial charge in [0.25, 0.3) is 5.24 Å². The van der Waals surface area contributed by atoms with Gasteiger partial charge in [-0.1, -0.05) is 23.9 Å². The zero-order valence-corrected chi connectivity index (χ0v) is 13.2. The quantitative estimate of drug-likeness (QED) is 0.847. The van der Waals surface area contributed by atoms with Gasteiger partial charge < -0.3 is 15.4 Å². The number of thioether (sulfide) groups is 1. The maximum Gasteiger partial charge on any atom is 0.289 e. The van der Waals surface area contributed by atoms with Gasteiger partial charge in [0.15, 0.2) is 0 Å². The van der Waals surface area contributed by atoms with Gasteiger partial charge in [0.05, 0.1) is 25.5 Å². The predicted octanol–water partition coefficient (Wildman–Crippen LogP) is 0.809. The Morgan fingerprint density at radius 2 is 2.13 bits per heavy atom. The van der Waals surface area contributed by atoms with Gasteiger partial charge in [-0.2, -0.15) is 0 Å². The first kappa shape index (κ1) is 16.0. The van der Waals surface area contributed by atoms with E-state index in [0.717, 1.165) is 17.3 Å². The molecule has 23 heavy (non-hydrogen) atoms. The first-order valence-corrected chi connectivity index (χ1v) is 8.30. The average molecular weight is 335 g/mol. The van der Waals surface area contributed by atoms with E-state index in [0.29, 0.717) is 25.4 Å². The molecule has 1 unspecified atom stereocenters. The molecule has 0 aromatic heterocycles. The fourth-order valence-corrected chi connectivity index (χ4v) is 3.10. The van der Waals surface area contributed by atoms with Crippen LogP contribution >= 0.6 is 11.8 Å². The normalized spacial score (nSPS) is 21.6. The van der Waals surface area contributed by atoms with Crippen molar-refractivity contribution in [3.8, 4) is 0 Å². The van der Waals surface area contributed by atoms with Crippen LogP contribution in [0.25, 0.3) is 0 Å². The number of amides is 3. The van der Waals surface area contributed by atoms with E-state index in [2.05, 4.69) is 10.6 Å². The number of anilines is 1. The van der Waals surface area contributed by atoms with E-state index in [9.17, 15) is 14.4 Å². The lowest BCUT2D eigenvalue weighted by Crippen LogP contribution is -2.48. The SMILES string of the molecule is O=C(Nc1ccc(CN2C(=O)CSC2=O)cc1)C1COCCN1. The van der Waals surface area contributed by atoms with Crippen molar-refractivity contribution in [3.63, 3.8) is 0 Å². The number of ether oxygens (including phenoxy) is 1. The summed E-state index contributed by atoms with van der Waals surface area (Å²) in [5.41, 5.74) is 1.51. The first-order chi connectivity index (χ1) is 11.1. The van der Waals surface area contributed by atoms with Crippen LogP contribution in [0, 0.1) is 0 Å². The summed E-state index contributed by atoms with van der Waals surface area (Å²) >= 11 is 1.02. The monoisotopic (exact) mass is 335 g/mol. The van der Waals surface area contributed by atoms with Crippen molar-refractivity contribution in [3.05, 3.63) is 29.8 Å². The molecule has 122 valence electrons. The molecule has 2 N–H and O–H groups in total. The molecule has 2 aliphatic rings. The highest BCUT2D eigenvalue weighted by molar-refractivity contribution is 8.14. The summed E-state index contributed by atoms with van der Waals surface area (Å²) in [7, 11) is 0. The van der Waals surface area contributed by atoms with Crippen LogP contribution < -0.4 is 10.6 Å². The Balaban J connectivity index is 1.57. The Labute approximate surface area is 137 Å². The second-order valence-corrected chi connectivity index (χ2v) is 6.23. The molecule has 2 saturated heterocycles. The Kier molecular flexibility index (Phi) is 4.94. The van der Waals surface area contributed by atoms with Crippen molar-refractivity contribution in [2.45, 2.75) is 12.6 Å². The zero-order chi connectivity index (χ0) is 16.2. The third kappa shape index (κ3) is 3.90. The van der Waals surface area contributed by atoms with Crippen LogP contribution in [-0.2, 0) is 20.9 Å². The summed E-state index contributed by atoms with van der Waals surface area (Å²) in [6.07, 6.45) is 0. The minimum Gasteiger partial charge on any atom is -0.378 e. The van der Waals surface area contributed by atoms with Crippen molar-refractivity contribution in [1.82, 2.24) is 10.2 Å². The van der Waals surface area contributed by atoms with Gasteiger partial charge in [-0.25, -0.2) is 0 Å². The maximum absolute atomic E-state index is 12.1. The topological polar surface area (TPSA) is 87.7 Å². The number of benzene rings is 1. The standard InChI is InChI=1S/C15H17N3O4S/c19-13-9-23-15(21)18(13)7-10-1-3-11(4-2-10)17-14(20)12-8-22-6-5-16-12/h1-4,12,16H,5-9H2,(H,17,20). The summed E-state index contributed by atoms with van der Waals surface area (Å²) in [5.74, 6) is -0.0943. The summed E-state index contributed by atoms with van der Waals surface area (Å²) < 4.78 is 5.26. The molecule has 3 amide bonds. The van der Waals surface area contributed by atoms with Gasteiger partial charge in [0, 0.05) is 12.2 Å². The van der Waals surface area contributed by atoms with Gasteiger partial charge in [-0.05, 0) is 17.7 Å². The molecule has 8 heteroatoms. The lowest BCUT2D eigenvalue weighted by Gasteiger charge is -2.23. The lowest BCUT2D eigenvalue weighted by atomic mass is 10.2. The van der Waals surface area contributed by atoms with Crippen LogP contribution in [0.5, 0.6) is 0 Å². The molecule has 7 nitrogen and oxygen atoms in total. The highest BCUT2D eigenvalue weighted by atomic mass is 32.2. The summed E-state index contributed by atoms with van der Waals surface area (Å²) in [6.45, 7) is 1.90. The molecule has 0 saturated carbocycles. The van der Waals surface area contributed by atoms with Crippen molar-refractivity contribution in [1.29, 1.82) is 0 Å². The number of imide groups is 1. The van der Waals surface area contributed by atoms with Crippen LogP contribution in [0.3, 0.4) is 0 Å². The minimum atomic E-state index is -0.347. The molecular weight excluding hydrogens is 318 g/mol. The smallest absolute Gasteiger partial charge is 0.289 e. The van der Waals surface area contributed by atoms with Crippen LogP contribution in [0.2, 0.25) is 0 Å². The average Bonchev–Trinajstić information content (AvgIpc) is 2.89. The van der Waals surface area contributed by atoms with Gasteiger partial charge in [-0.15, -0.1) is 0 Å². The number of nitrogens with one attached hydrogen (secondary N) is 2. The van der Waals surface area contributed by atoms with Gasteiger partial charge in [0.2, 0.25) is 11.8 Å². The van der Waals surface area contributed by atoms with Gasteiger partial charge >= 0.3 is 0 Å². The molecule has 1 atom stereocenters. The summed E-state index contributed by atoms with van der Waals surface area (Å²) in [6, 6.07) is 6.76. The third-order valence-corrected chi connectivity index (χ3v) is 4.50. The van der Waals surface area contributed by atoms with Crippen molar-refractivity contribution in [2.75, 3.05) is 30.8 Å². The molecule has 1 aromatic carbocycles. The van der Waals surface area contributed by atoms with Crippen molar-refractivity contribution >= 4 is 34.5 Å². The highest BCUT2D eigenvalue weighted by Gasteiger charge is 2.29. The zero-order valence-electron chi connectivity index (χ0n) is 12.4. The largest absolute Gasteiger partial charge is 0.378 e. The van der Waals surface area contributed by atoms with E-state index >= 15 is 0 Å². The Hall–Kier alpha value is -1.90. The van der Waals surface area contributed by atoms with Crippen molar-refractivity contribution < 1.29 is 19.1 Å². The highest BCUT2D eigenvalue weighted by Crippen LogP contribution is 2.21. The second-order valence-electron chi connectivity index (χ2n) is 5.30. The molecule has 2 fully saturated rings. The van der Waals surface area contributed by atoms with Crippen molar-refractivity contribution in [2.24, 2.45) is 0 Å². The number of hydrogen-bond acceptors (Lipinski definition) is 6. The van der Waals surface area contributed by atoms with E-state index < -0.39 is 0 Å². The molecule has 2 heterocycles. The van der Waals surface area contributed by atoms with E-state index in [-0.39, 0.29) is 35.4 Å². The fraction of sp³-hybridized carbons (Fsp3) is 0.400. The Morgan fingerprint density at radius 1 is 1.35 bits per heavy atom. The molecule has 0 aliphatic carbocycles. The van der Waals surface area contributed by atoms with E-state index in [1.165, 1.54) is 4.90 Å². The molecular formula is C15H17N3O4S. The molecule has 0 radical (unpaired) electrons. The third-order valence-electron chi connectivity index (χ3n) is 3.64.